The molecule has 1 saturated heterocycles. The molecule has 72 valence electrons. The van der Waals surface area contributed by atoms with Gasteiger partial charge >= 0.3 is 0 Å². The molecule has 4 N–H and O–H groups in total. The normalized spacial score (nSPS) is 49.2. The topological polar surface area (TPSA) is 90.2 Å². The van der Waals surface area contributed by atoms with Crippen LogP contribution in [-0.4, -0.2) is 57.6 Å². The van der Waals surface area contributed by atoms with E-state index in [4.69, 9.17) is 9.84 Å². The smallest absolute Gasteiger partial charge is 0.111 e. The summed E-state index contributed by atoms with van der Waals surface area (Å²) in [5.41, 5.74) is 0. The molecule has 0 aliphatic carbocycles. The molecule has 0 bridgehead atoms. The third kappa shape index (κ3) is 1.60. The molecule has 5 atom stereocenters. The van der Waals surface area contributed by atoms with Crippen molar-refractivity contribution in [3.8, 4) is 0 Å². The molecule has 12 heavy (non-hydrogen) atoms. The van der Waals surface area contributed by atoms with Gasteiger partial charge in [-0.2, -0.15) is 0 Å². The standard InChI is InChI=1S/C7H14O5/c1-3-5(9)7(11)6(10)4(2-8)12-3/h3-11H,2H2,1H3/t3?,4-,5+,6+,7?/m1/s1. The molecule has 1 aliphatic heterocycles. The Bertz CT molecular complexity index is 146. The molecule has 2 unspecified atom stereocenters. The lowest BCUT2D eigenvalue weighted by Gasteiger charge is -2.38. The highest BCUT2D eigenvalue weighted by Crippen LogP contribution is 2.20. The van der Waals surface area contributed by atoms with E-state index in [1.54, 1.807) is 6.92 Å². The Hall–Kier alpha value is -0.200. The van der Waals surface area contributed by atoms with Gasteiger partial charge in [-0.05, 0) is 6.92 Å². The average Bonchev–Trinajstić information content (AvgIpc) is 2.08. The highest BCUT2D eigenvalue weighted by molar-refractivity contribution is 4.89. The quantitative estimate of drug-likeness (QED) is 0.367. The van der Waals surface area contributed by atoms with Gasteiger partial charge in [-0.15, -0.1) is 0 Å². The molecular formula is C7H14O5. The molecule has 1 fully saturated rings. The van der Waals surface area contributed by atoms with Crippen molar-refractivity contribution in [2.24, 2.45) is 0 Å². The zero-order valence-electron chi connectivity index (χ0n) is 6.79. The van der Waals surface area contributed by atoms with Crippen molar-refractivity contribution in [2.45, 2.75) is 37.4 Å². The van der Waals surface area contributed by atoms with Crippen LogP contribution in [0.4, 0.5) is 0 Å². The zero-order chi connectivity index (χ0) is 9.30. The van der Waals surface area contributed by atoms with E-state index in [1.807, 2.05) is 0 Å². The minimum absolute atomic E-state index is 0.366. The Balaban J connectivity index is 2.63. The van der Waals surface area contributed by atoms with Crippen LogP contribution in [0.25, 0.3) is 0 Å². The Morgan fingerprint density at radius 2 is 1.67 bits per heavy atom. The van der Waals surface area contributed by atoms with Gasteiger partial charge in [0.1, 0.15) is 24.4 Å². The summed E-state index contributed by atoms with van der Waals surface area (Å²) in [5.74, 6) is 0. The van der Waals surface area contributed by atoms with E-state index in [0.29, 0.717) is 0 Å². The van der Waals surface area contributed by atoms with E-state index in [1.165, 1.54) is 0 Å². The predicted octanol–water partition coefficient (Wildman–Crippen LogP) is -2.15. The molecule has 0 spiro atoms. The van der Waals surface area contributed by atoms with Crippen molar-refractivity contribution in [3.05, 3.63) is 0 Å². The molecule has 0 aromatic rings. The summed E-state index contributed by atoms with van der Waals surface area (Å²) in [6.07, 6.45) is -4.94. The number of hydrogen-bond donors (Lipinski definition) is 4. The summed E-state index contributed by atoms with van der Waals surface area (Å²) in [7, 11) is 0. The maximum Gasteiger partial charge on any atom is 0.111 e. The minimum Gasteiger partial charge on any atom is -0.394 e. The third-order valence-corrected chi connectivity index (χ3v) is 2.13. The van der Waals surface area contributed by atoms with E-state index >= 15 is 0 Å². The first-order valence-electron chi connectivity index (χ1n) is 3.88. The first-order chi connectivity index (χ1) is 5.57. The van der Waals surface area contributed by atoms with Gasteiger partial charge in [0.05, 0.1) is 12.7 Å². The van der Waals surface area contributed by atoms with Crippen LogP contribution in [0.1, 0.15) is 6.92 Å². The molecule has 1 heterocycles. The van der Waals surface area contributed by atoms with Crippen molar-refractivity contribution in [1.82, 2.24) is 0 Å². The summed E-state index contributed by atoms with van der Waals surface area (Å²) in [6, 6.07) is 0. The molecule has 0 amide bonds. The maximum atomic E-state index is 9.23. The summed E-state index contributed by atoms with van der Waals surface area (Å²) < 4.78 is 5.02. The first kappa shape index (κ1) is 9.88. The van der Waals surface area contributed by atoms with Gasteiger partial charge < -0.3 is 25.2 Å². The van der Waals surface area contributed by atoms with Gasteiger partial charge in [-0.25, -0.2) is 0 Å². The molecule has 0 radical (unpaired) electrons. The van der Waals surface area contributed by atoms with Crippen LogP contribution in [-0.2, 0) is 4.74 Å². The van der Waals surface area contributed by atoms with Gasteiger partial charge in [0, 0.05) is 0 Å². The molecule has 5 heteroatoms. The number of hydrogen-bond acceptors (Lipinski definition) is 5. The Kier molecular flexibility index (Phi) is 3.03. The second-order valence-corrected chi connectivity index (χ2v) is 3.03. The van der Waals surface area contributed by atoms with E-state index in [9.17, 15) is 15.3 Å². The fraction of sp³-hybridized carbons (Fsp3) is 1.00. The van der Waals surface area contributed by atoms with E-state index in [2.05, 4.69) is 0 Å². The van der Waals surface area contributed by atoms with E-state index in [-0.39, 0.29) is 6.61 Å². The zero-order valence-corrected chi connectivity index (χ0v) is 6.79. The Morgan fingerprint density at radius 3 is 2.17 bits per heavy atom. The number of aliphatic hydroxyl groups excluding tert-OH is 4. The molecule has 0 saturated carbocycles. The molecule has 0 aromatic carbocycles. The SMILES string of the molecule is CC1O[C@H](CO)[C@H](O)C(O)[C@H]1O. The van der Waals surface area contributed by atoms with Crippen LogP contribution < -0.4 is 0 Å². The van der Waals surface area contributed by atoms with Crippen molar-refractivity contribution in [2.75, 3.05) is 6.61 Å². The molecule has 1 aliphatic rings. The van der Waals surface area contributed by atoms with Crippen molar-refractivity contribution in [3.63, 3.8) is 0 Å². The fourth-order valence-electron chi connectivity index (χ4n) is 1.29. The second kappa shape index (κ2) is 3.68. The van der Waals surface area contributed by atoms with Crippen LogP contribution in [0.15, 0.2) is 0 Å². The molecule has 1 rings (SSSR count). The predicted molar refractivity (Wildman–Crippen MR) is 39.4 cm³/mol. The van der Waals surface area contributed by atoms with Crippen LogP contribution >= 0.6 is 0 Å². The maximum absolute atomic E-state index is 9.23. The summed E-state index contributed by atoms with van der Waals surface area (Å²) in [5, 5.41) is 36.4. The number of aliphatic hydroxyl groups is 4. The second-order valence-electron chi connectivity index (χ2n) is 3.03. The van der Waals surface area contributed by atoms with Crippen molar-refractivity contribution in [1.29, 1.82) is 0 Å². The van der Waals surface area contributed by atoms with E-state index < -0.39 is 30.5 Å². The molecule has 5 nitrogen and oxygen atoms in total. The van der Waals surface area contributed by atoms with Gasteiger partial charge in [0.25, 0.3) is 0 Å². The lowest BCUT2D eigenvalue weighted by molar-refractivity contribution is -0.224. The fourth-order valence-corrected chi connectivity index (χ4v) is 1.29. The lowest BCUT2D eigenvalue weighted by atomic mass is 9.96. The van der Waals surface area contributed by atoms with Crippen molar-refractivity contribution < 1.29 is 25.2 Å². The summed E-state index contributed by atoms with van der Waals surface area (Å²) >= 11 is 0. The van der Waals surface area contributed by atoms with Crippen LogP contribution in [0.3, 0.4) is 0 Å². The first-order valence-corrected chi connectivity index (χ1v) is 3.88. The van der Waals surface area contributed by atoms with Crippen molar-refractivity contribution >= 4 is 0 Å². The van der Waals surface area contributed by atoms with Gasteiger partial charge in [0.15, 0.2) is 0 Å². The Labute approximate surface area is 70.2 Å². The van der Waals surface area contributed by atoms with Gasteiger partial charge in [-0.1, -0.05) is 0 Å². The van der Waals surface area contributed by atoms with Gasteiger partial charge in [0.2, 0.25) is 0 Å². The lowest BCUT2D eigenvalue weighted by Crippen LogP contribution is -2.57. The van der Waals surface area contributed by atoms with E-state index in [0.717, 1.165) is 0 Å². The van der Waals surface area contributed by atoms with Crippen LogP contribution in [0.5, 0.6) is 0 Å². The summed E-state index contributed by atoms with van der Waals surface area (Å²) in [6.45, 7) is 1.21. The Morgan fingerprint density at radius 1 is 1.08 bits per heavy atom. The monoisotopic (exact) mass is 178 g/mol. The van der Waals surface area contributed by atoms with Crippen LogP contribution in [0.2, 0.25) is 0 Å². The number of rotatable bonds is 1. The highest BCUT2D eigenvalue weighted by atomic mass is 16.5. The number of ether oxygens (including phenoxy) is 1. The highest BCUT2D eigenvalue weighted by Gasteiger charge is 2.41. The van der Waals surface area contributed by atoms with Gasteiger partial charge in [-0.3, -0.25) is 0 Å². The van der Waals surface area contributed by atoms with Crippen LogP contribution in [0, 0.1) is 0 Å². The minimum atomic E-state index is -1.24. The summed E-state index contributed by atoms with van der Waals surface area (Å²) in [4.78, 5) is 0. The molecular weight excluding hydrogens is 164 g/mol. The third-order valence-electron chi connectivity index (χ3n) is 2.13. The average molecular weight is 178 g/mol. The molecule has 0 aromatic heterocycles. The largest absolute Gasteiger partial charge is 0.394 e.